The molecule has 130 valence electrons. The average molecular weight is 367 g/mol. The molecule has 0 spiro atoms. The maximum Gasteiger partial charge on any atom is 0.190 e. The summed E-state index contributed by atoms with van der Waals surface area (Å²) in [5.74, 6) is 0. The largest absolute Gasteiger partial charge is 0.362 e. The zero-order valence-corrected chi connectivity index (χ0v) is 15.4. The van der Waals surface area contributed by atoms with Crippen LogP contribution in [0.2, 0.25) is 0 Å². The Kier molecular flexibility index (Phi) is 6.36. The summed E-state index contributed by atoms with van der Waals surface area (Å²) < 4.78 is 26.1. The van der Waals surface area contributed by atoms with E-state index in [0.717, 1.165) is 18.5 Å². The maximum atomic E-state index is 11.8. The molecule has 0 aliphatic heterocycles. The van der Waals surface area contributed by atoms with Crippen LogP contribution in [0, 0.1) is 4.78 Å². The lowest BCUT2D eigenvalue weighted by Gasteiger charge is -2.11. The number of aromatic nitrogens is 1. The monoisotopic (exact) mass is 366 g/mol. The smallest absolute Gasteiger partial charge is 0.190 e. The average Bonchev–Trinajstić information content (AvgIpc) is 2.98. The Morgan fingerprint density at radius 3 is 2.58 bits per heavy atom. The van der Waals surface area contributed by atoms with E-state index < -0.39 is 10.0 Å². The van der Waals surface area contributed by atoms with E-state index in [9.17, 15) is 4.21 Å². The molecule has 0 bridgehead atoms. The van der Waals surface area contributed by atoms with Crippen LogP contribution in [-0.4, -0.2) is 27.5 Å². The third-order valence-electron chi connectivity index (χ3n) is 3.64. The second-order valence-corrected chi connectivity index (χ2v) is 7.50. The van der Waals surface area contributed by atoms with Gasteiger partial charge in [-0.05, 0) is 42.0 Å². The van der Waals surface area contributed by atoms with Crippen molar-refractivity contribution in [3.63, 3.8) is 0 Å². The van der Waals surface area contributed by atoms with E-state index in [0.29, 0.717) is 16.6 Å². The molecule has 6 nitrogen and oxygen atoms in total. The van der Waals surface area contributed by atoms with Crippen molar-refractivity contribution in [3.8, 4) is 0 Å². The number of nitrogens with one attached hydrogen (secondary N) is 3. The first kappa shape index (κ1) is 18.4. The molecule has 0 aliphatic rings. The van der Waals surface area contributed by atoms with Crippen LogP contribution in [0.25, 0.3) is 0 Å². The normalized spacial score (nSPS) is 13.2. The fourth-order valence-electron chi connectivity index (χ4n) is 2.19. The summed E-state index contributed by atoms with van der Waals surface area (Å²) >= 11 is 5.26. The lowest BCUT2D eigenvalue weighted by molar-refractivity contribution is 0.434. The SMILES string of the molecule is COS(=N)(=O)c1ccc(CNC(=S)NCCc2cccn2C)cc1. The minimum atomic E-state index is -3.14. The summed E-state index contributed by atoms with van der Waals surface area (Å²) in [5, 5.41) is 6.90. The molecular formula is C16H22N4O2S2. The van der Waals surface area contributed by atoms with Crippen molar-refractivity contribution in [2.24, 2.45) is 7.05 Å². The van der Waals surface area contributed by atoms with E-state index in [4.69, 9.17) is 21.2 Å². The van der Waals surface area contributed by atoms with E-state index in [1.165, 1.54) is 12.8 Å². The van der Waals surface area contributed by atoms with Gasteiger partial charge in [0.05, 0.1) is 12.0 Å². The van der Waals surface area contributed by atoms with Gasteiger partial charge in [-0.15, -0.1) is 0 Å². The highest BCUT2D eigenvalue weighted by Crippen LogP contribution is 2.13. The van der Waals surface area contributed by atoms with Crippen molar-refractivity contribution in [1.82, 2.24) is 15.2 Å². The molecule has 1 unspecified atom stereocenters. The number of thiocarbonyl (C=S) groups is 1. The first-order valence-electron chi connectivity index (χ1n) is 7.47. The molecule has 2 rings (SSSR count). The van der Waals surface area contributed by atoms with Gasteiger partial charge >= 0.3 is 0 Å². The van der Waals surface area contributed by atoms with Gasteiger partial charge in [0.25, 0.3) is 0 Å². The molecular weight excluding hydrogens is 344 g/mol. The molecule has 3 N–H and O–H groups in total. The van der Waals surface area contributed by atoms with Crippen LogP contribution in [0.3, 0.4) is 0 Å². The van der Waals surface area contributed by atoms with Crippen LogP contribution in [0.5, 0.6) is 0 Å². The van der Waals surface area contributed by atoms with Crippen LogP contribution >= 0.6 is 12.2 Å². The molecule has 0 aliphatic carbocycles. The van der Waals surface area contributed by atoms with Crippen LogP contribution in [0.1, 0.15) is 11.3 Å². The second kappa shape index (κ2) is 8.27. The number of rotatable bonds is 7. The standard InChI is InChI=1S/C16H22N4O2S2/c1-20-11-3-4-14(20)9-10-18-16(23)19-12-13-5-7-15(8-6-13)24(17,21)22-2/h3-8,11,17H,9-10,12H2,1-2H3,(H2,18,19,23). The molecule has 1 heterocycles. The van der Waals surface area contributed by atoms with E-state index in [-0.39, 0.29) is 0 Å². The van der Waals surface area contributed by atoms with Gasteiger partial charge in [-0.25, -0.2) is 8.99 Å². The highest BCUT2D eigenvalue weighted by Gasteiger charge is 2.08. The maximum absolute atomic E-state index is 11.8. The predicted molar refractivity (Wildman–Crippen MR) is 99.1 cm³/mol. The lowest BCUT2D eigenvalue weighted by atomic mass is 10.2. The second-order valence-electron chi connectivity index (χ2n) is 5.28. The van der Waals surface area contributed by atoms with Gasteiger partial charge in [-0.2, -0.15) is 0 Å². The van der Waals surface area contributed by atoms with Gasteiger partial charge in [-0.1, -0.05) is 12.1 Å². The van der Waals surface area contributed by atoms with Crippen LogP contribution in [0.4, 0.5) is 0 Å². The Balaban J connectivity index is 1.76. The minimum absolute atomic E-state index is 0.358. The Morgan fingerprint density at radius 1 is 1.29 bits per heavy atom. The quantitative estimate of drug-likeness (QED) is 0.655. The fourth-order valence-corrected chi connectivity index (χ4v) is 3.05. The Labute approximate surface area is 148 Å². The molecule has 0 radical (unpaired) electrons. The van der Waals surface area contributed by atoms with E-state index in [1.54, 1.807) is 12.1 Å². The Hall–Kier alpha value is -1.90. The first-order valence-corrected chi connectivity index (χ1v) is 9.37. The van der Waals surface area contributed by atoms with Crippen molar-refractivity contribution in [3.05, 3.63) is 53.9 Å². The van der Waals surface area contributed by atoms with E-state index in [1.807, 2.05) is 31.4 Å². The highest BCUT2D eigenvalue weighted by atomic mass is 32.2. The summed E-state index contributed by atoms with van der Waals surface area (Å²) in [4.78, 5) is 0.358. The number of hydrogen-bond donors (Lipinski definition) is 3. The number of hydrogen-bond acceptors (Lipinski definition) is 4. The van der Waals surface area contributed by atoms with Crippen LogP contribution in [0.15, 0.2) is 47.5 Å². The third-order valence-corrected chi connectivity index (χ3v) is 5.29. The number of nitrogens with zero attached hydrogens (tertiary/aromatic N) is 1. The molecule has 0 saturated heterocycles. The molecule has 2 aromatic rings. The molecule has 0 amide bonds. The summed E-state index contributed by atoms with van der Waals surface area (Å²) in [6.07, 6.45) is 2.92. The van der Waals surface area contributed by atoms with Crippen LogP contribution in [-0.2, 0) is 34.2 Å². The van der Waals surface area contributed by atoms with E-state index in [2.05, 4.69) is 21.3 Å². The van der Waals surface area contributed by atoms with Crippen molar-refractivity contribution in [2.45, 2.75) is 17.9 Å². The van der Waals surface area contributed by atoms with Crippen molar-refractivity contribution in [2.75, 3.05) is 13.7 Å². The Morgan fingerprint density at radius 2 is 2.00 bits per heavy atom. The first-order chi connectivity index (χ1) is 11.4. The molecule has 1 aromatic carbocycles. The molecule has 24 heavy (non-hydrogen) atoms. The van der Waals surface area contributed by atoms with Crippen molar-refractivity contribution < 1.29 is 8.39 Å². The molecule has 1 atom stereocenters. The molecule has 0 saturated carbocycles. The topological polar surface area (TPSA) is 79.1 Å². The van der Waals surface area contributed by atoms with Gasteiger partial charge in [-0.3, -0.25) is 4.18 Å². The van der Waals surface area contributed by atoms with Crippen LogP contribution < -0.4 is 10.6 Å². The molecule has 0 fully saturated rings. The van der Waals surface area contributed by atoms with Gasteiger partial charge in [0.2, 0.25) is 0 Å². The third kappa shape index (κ3) is 5.05. The van der Waals surface area contributed by atoms with Crippen molar-refractivity contribution >= 4 is 27.3 Å². The van der Waals surface area contributed by atoms with Gasteiger partial charge in [0, 0.05) is 38.4 Å². The minimum Gasteiger partial charge on any atom is -0.362 e. The number of benzene rings is 1. The summed E-state index contributed by atoms with van der Waals surface area (Å²) in [5.41, 5.74) is 2.23. The zero-order valence-electron chi connectivity index (χ0n) is 13.7. The van der Waals surface area contributed by atoms with Gasteiger partial charge in [0.1, 0.15) is 0 Å². The number of aryl methyl sites for hydroxylation is 1. The molecule has 1 aromatic heterocycles. The predicted octanol–water partition coefficient (Wildman–Crippen LogP) is 2.20. The zero-order chi connectivity index (χ0) is 17.6. The van der Waals surface area contributed by atoms with Gasteiger partial charge in [0.15, 0.2) is 15.1 Å². The fraction of sp³-hybridized carbons (Fsp3) is 0.312. The van der Waals surface area contributed by atoms with Gasteiger partial charge < -0.3 is 15.2 Å². The summed E-state index contributed by atoms with van der Waals surface area (Å²) in [6, 6.07) is 11.0. The molecule has 8 heteroatoms. The van der Waals surface area contributed by atoms with E-state index >= 15 is 0 Å². The Bertz CT molecular complexity index is 783. The summed E-state index contributed by atoms with van der Waals surface area (Å²) in [6.45, 7) is 1.32. The summed E-state index contributed by atoms with van der Waals surface area (Å²) in [7, 11) is 0.146. The highest BCUT2D eigenvalue weighted by molar-refractivity contribution is 7.87. The lowest BCUT2D eigenvalue weighted by Crippen LogP contribution is -2.36. The van der Waals surface area contributed by atoms with Crippen molar-refractivity contribution in [1.29, 1.82) is 4.78 Å².